The zero-order valence-electron chi connectivity index (χ0n) is 10.2. The predicted molar refractivity (Wildman–Crippen MR) is 68.0 cm³/mol. The molecule has 0 bridgehead atoms. The number of hydrogen-bond donors (Lipinski definition) is 1. The monoisotopic (exact) mass is 244 g/mol. The number of carboxylic acid groups (broad SMARTS) is 1. The third kappa shape index (κ3) is 1.98. The molecule has 1 N–H and O–H groups in total. The van der Waals surface area contributed by atoms with Gasteiger partial charge in [-0.2, -0.15) is 0 Å². The molecule has 4 nitrogen and oxygen atoms in total. The standard InChI is InChI=1S/C14H16N2O2/c17-14(18)11-6-7-13-15-12(9-16(13)8-11)10-4-2-1-3-5-10/h6-10H,1-5H2,(H,17,18). The fourth-order valence-electron chi connectivity index (χ4n) is 2.73. The molecule has 0 atom stereocenters. The van der Waals surface area contributed by atoms with Crippen LogP contribution < -0.4 is 0 Å². The van der Waals surface area contributed by atoms with E-state index in [1.165, 1.54) is 32.1 Å². The van der Waals surface area contributed by atoms with Gasteiger partial charge in [0.15, 0.2) is 0 Å². The van der Waals surface area contributed by atoms with Crippen molar-refractivity contribution in [2.45, 2.75) is 38.0 Å². The van der Waals surface area contributed by atoms with Gasteiger partial charge in [-0.3, -0.25) is 0 Å². The van der Waals surface area contributed by atoms with E-state index in [9.17, 15) is 4.79 Å². The third-order valence-electron chi connectivity index (χ3n) is 3.74. The van der Waals surface area contributed by atoms with Gasteiger partial charge in [0.05, 0.1) is 11.3 Å². The van der Waals surface area contributed by atoms with Gasteiger partial charge in [-0.1, -0.05) is 19.3 Å². The predicted octanol–water partition coefficient (Wildman–Crippen LogP) is 3.08. The normalized spacial score (nSPS) is 17.1. The van der Waals surface area contributed by atoms with E-state index in [4.69, 9.17) is 5.11 Å². The molecule has 0 radical (unpaired) electrons. The van der Waals surface area contributed by atoms with E-state index in [2.05, 4.69) is 4.98 Å². The van der Waals surface area contributed by atoms with E-state index in [1.54, 1.807) is 18.3 Å². The SMILES string of the molecule is O=C(O)c1ccc2nc(C3CCCCC3)cn2c1. The zero-order valence-corrected chi connectivity index (χ0v) is 10.2. The second-order valence-electron chi connectivity index (χ2n) is 4.99. The van der Waals surface area contributed by atoms with Crippen LogP contribution in [-0.4, -0.2) is 20.5 Å². The molecular weight excluding hydrogens is 228 g/mol. The highest BCUT2D eigenvalue weighted by Gasteiger charge is 2.18. The topological polar surface area (TPSA) is 54.6 Å². The second kappa shape index (κ2) is 4.44. The molecule has 0 aliphatic heterocycles. The molecule has 2 heterocycles. The van der Waals surface area contributed by atoms with Crippen LogP contribution in [-0.2, 0) is 0 Å². The fourth-order valence-corrected chi connectivity index (χ4v) is 2.73. The minimum atomic E-state index is -0.898. The summed E-state index contributed by atoms with van der Waals surface area (Å²) in [4.78, 5) is 15.5. The molecule has 4 heteroatoms. The van der Waals surface area contributed by atoms with Crippen LogP contribution in [0.1, 0.15) is 54.1 Å². The second-order valence-corrected chi connectivity index (χ2v) is 4.99. The number of fused-ring (bicyclic) bond motifs is 1. The average Bonchev–Trinajstić information content (AvgIpc) is 2.82. The van der Waals surface area contributed by atoms with Gasteiger partial charge in [0, 0.05) is 18.3 Å². The smallest absolute Gasteiger partial charge is 0.337 e. The molecule has 2 aromatic heterocycles. The molecule has 1 fully saturated rings. The van der Waals surface area contributed by atoms with Crippen LogP contribution in [0.4, 0.5) is 0 Å². The maximum atomic E-state index is 10.9. The van der Waals surface area contributed by atoms with Crippen molar-refractivity contribution >= 4 is 11.6 Å². The number of pyridine rings is 1. The van der Waals surface area contributed by atoms with Crippen molar-refractivity contribution < 1.29 is 9.90 Å². The van der Waals surface area contributed by atoms with E-state index < -0.39 is 5.97 Å². The summed E-state index contributed by atoms with van der Waals surface area (Å²) in [7, 11) is 0. The Morgan fingerprint density at radius 1 is 1.22 bits per heavy atom. The lowest BCUT2D eigenvalue weighted by Crippen LogP contribution is -2.04. The van der Waals surface area contributed by atoms with Gasteiger partial charge < -0.3 is 9.51 Å². The molecule has 0 unspecified atom stereocenters. The maximum Gasteiger partial charge on any atom is 0.337 e. The molecule has 94 valence electrons. The molecule has 1 aliphatic rings. The third-order valence-corrected chi connectivity index (χ3v) is 3.74. The van der Waals surface area contributed by atoms with Crippen molar-refractivity contribution in [3.8, 4) is 0 Å². The lowest BCUT2D eigenvalue weighted by Gasteiger charge is -2.19. The molecular formula is C14H16N2O2. The first-order chi connectivity index (χ1) is 8.74. The van der Waals surface area contributed by atoms with Crippen LogP contribution in [0.25, 0.3) is 5.65 Å². The minimum absolute atomic E-state index is 0.301. The molecule has 0 spiro atoms. The summed E-state index contributed by atoms with van der Waals surface area (Å²) in [5.74, 6) is -0.350. The molecule has 0 amide bonds. The Kier molecular flexibility index (Phi) is 2.78. The number of carbonyl (C=O) groups is 1. The van der Waals surface area contributed by atoms with E-state index >= 15 is 0 Å². The number of aromatic carboxylic acids is 1. The first kappa shape index (κ1) is 11.3. The van der Waals surface area contributed by atoms with Crippen molar-refractivity contribution in [2.24, 2.45) is 0 Å². The van der Waals surface area contributed by atoms with Gasteiger partial charge in [0.25, 0.3) is 0 Å². The Bertz CT molecular complexity index is 582. The summed E-state index contributed by atoms with van der Waals surface area (Å²) in [6.45, 7) is 0. The summed E-state index contributed by atoms with van der Waals surface area (Å²) >= 11 is 0. The van der Waals surface area contributed by atoms with Gasteiger partial charge in [-0.15, -0.1) is 0 Å². The lowest BCUT2D eigenvalue weighted by molar-refractivity contribution is 0.0696. The number of imidazole rings is 1. The van der Waals surface area contributed by atoms with Crippen LogP contribution in [0, 0.1) is 0 Å². The molecule has 1 saturated carbocycles. The molecule has 3 rings (SSSR count). The Labute approximate surface area is 105 Å². The summed E-state index contributed by atoms with van der Waals surface area (Å²) in [6, 6.07) is 3.38. The zero-order chi connectivity index (χ0) is 12.5. The largest absolute Gasteiger partial charge is 0.478 e. The van der Waals surface area contributed by atoms with Crippen molar-refractivity contribution in [1.29, 1.82) is 0 Å². The minimum Gasteiger partial charge on any atom is -0.478 e. The van der Waals surface area contributed by atoms with Crippen LogP contribution in [0.2, 0.25) is 0 Å². The van der Waals surface area contributed by atoms with Crippen LogP contribution in [0.5, 0.6) is 0 Å². The summed E-state index contributed by atoms with van der Waals surface area (Å²) in [5.41, 5.74) is 2.24. The van der Waals surface area contributed by atoms with Gasteiger partial charge in [-0.25, -0.2) is 9.78 Å². The summed E-state index contributed by atoms with van der Waals surface area (Å²) in [5, 5.41) is 8.97. The number of nitrogens with zero attached hydrogens (tertiary/aromatic N) is 2. The summed E-state index contributed by atoms with van der Waals surface area (Å²) in [6.07, 6.45) is 9.91. The average molecular weight is 244 g/mol. The molecule has 0 aromatic carbocycles. The summed E-state index contributed by atoms with van der Waals surface area (Å²) < 4.78 is 1.83. The Hall–Kier alpha value is -1.84. The molecule has 0 saturated heterocycles. The van der Waals surface area contributed by atoms with Crippen LogP contribution >= 0.6 is 0 Å². The first-order valence-electron chi connectivity index (χ1n) is 6.46. The number of carboxylic acids is 1. The highest BCUT2D eigenvalue weighted by atomic mass is 16.4. The van der Waals surface area contributed by atoms with E-state index in [1.807, 2.05) is 10.6 Å². The number of hydrogen-bond acceptors (Lipinski definition) is 2. The first-order valence-corrected chi connectivity index (χ1v) is 6.46. The molecule has 1 aliphatic carbocycles. The van der Waals surface area contributed by atoms with E-state index in [0.717, 1.165) is 11.3 Å². The van der Waals surface area contributed by atoms with Crippen LogP contribution in [0.3, 0.4) is 0 Å². The van der Waals surface area contributed by atoms with Crippen molar-refractivity contribution in [1.82, 2.24) is 9.38 Å². The van der Waals surface area contributed by atoms with Crippen molar-refractivity contribution in [3.05, 3.63) is 35.8 Å². The maximum absolute atomic E-state index is 10.9. The van der Waals surface area contributed by atoms with Gasteiger partial charge in [0.2, 0.25) is 0 Å². The molecule has 2 aromatic rings. The number of rotatable bonds is 2. The number of aromatic nitrogens is 2. The van der Waals surface area contributed by atoms with Crippen molar-refractivity contribution in [2.75, 3.05) is 0 Å². The Morgan fingerprint density at radius 2 is 2.00 bits per heavy atom. The Morgan fingerprint density at radius 3 is 2.72 bits per heavy atom. The van der Waals surface area contributed by atoms with Gasteiger partial charge >= 0.3 is 5.97 Å². The lowest BCUT2D eigenvalue weighted by atomic mass is 9.87. The van der Waals surface area contributed by atoms with Crippen molar-refractivity contribution in [3.63, 3.8) is 0 Å². The highest BCUT2D eigenvalue weighted by molar-refractivity contribution is 5.87. The van der Waals surface area contributed by atoms with E-state index in [0.29, 0.717) is 11.5 Å². The van der Waals surface area contributed by atoms with Crippen LogP contribution in [0.15, 0.2) is 24.5 Å². The highest BCUT2D eigenvalue weighted by Crippen LogP contribution is 2.32. The Balaban J connectivity index is 1.97. The molecule has 18 heavy (non-hydrogen) atoms. The fraction of sp³-hybridized carbons (Fsp3) is 0.429. The van der Waals surface area contributed by atoms with Gasteiger partial charge in [-0.05, 0) is 25.0 Å². The quantitative estimate of drug-likeness (QED) is 0.883. The van der Waals surface area contributed by atoms with Gasteiger partial charge in [0.1, 0.15) is 5.65 Å². The van der Waals surface area contributed by atoms with E-state index in [-0.39, 0.29) is 0 Å².